The minimum Gasteiger partial charge on any atom is -0.298 e. The Bertz CT molecular complexity index is 1350. The average Bonchev–Trinajstić information content (AvgIpc) is 2.94. The quantitative estimate of drug-likeness (QED) is 0.324. The lowest BCUT2D eigenvalue weighted by Crippen LogP contribution is -2.52. The molecule has 3 aromatic rings. The average molecular weight is 623 g/mol. The molecule has 5 rings (SSSR count). The monoisotopic (exact) mass is 621 g/mol. The molecule has 1 aliphatic heterocycles. The number of halogens is 4. The van der Waals surface area contributed by atoms with Gasteiger partial charge in [-0.15, -0.1) is 0 Å². The number of sulfone groups is 1. The van der Waals surface area contributed by atoms with Crippen molar-refractivity contribution < 1.29 is 21.6 Å². The first kappa shape index (κ1) is 28.3. The molecule has 2 heterocycles. The van der Waals surface area contributed by atoms with Crippen LogP contribution < -0.4 is 0 Å². The van der Waals surface area contributed by atoms with Gasteiger partial charge < -0.3 is 0 Å². The molecular weight excluding hydrogens is 591 g/mol. The number of pyridine rings is 1. The fourth-order valence-corrected chi connectivity index (χ4v) is 8.41. The van der Waals surface area contributed by atoms with Gasteiger partial charge in [0.1, 0.15) is 4.75 Å². The van der Waals surface area contributed by atoms with Gasteiger partial charge in [0, 0.05) is 55.6 Å². The Hall–Kier alpha value is -2.27. The molecule has 39 heavy (non-hydrogen) atoms. The number of piperazine rings is 1. The maximum Gasteiger partial charge on any atom is 0.416 e. The summed E-state index contributed by atoms with van der Waals surface area (Å²) < 4.78 is 67.3. The summed E-state index contributed by atoms with van der Waals surface area (Å²) in [5, 5.41) is 0. The van der Waals surface area contributed by atoms with Gasteiger partial charge in [0.25, 0.3) is 0 Å². The van der Waals surface area contributed by atoms with Gasteiger partial charge >= 0.3 is 6.18 Å². The van der Waals surface area contributed by atoms with Crippen molar-refractivity contribution in [3.63, 3.8) is 0 Å². The molecule has 2 aliphatic rings. The molecule has 10 heteroatoms. The first-order chi connectivity index (χ1) is 18.6. The first-order valence-electron chi connectivity index (χ1n) is 13.1. The third-order valence-corrected chi connectivity index (χ3v) is 11.3. The molecule has 0 unspecified atom stereocenters. The van der Waals surface area contributed by atoms with Crippen LogP contribution in [0.3, 0.4) is 0 Å². The highest BCUT2D eigenvalue weighted by Crippen LogP contribution is 2.48. The largest absolute Gasteiger partial charge is 0.416 e. The van der Waals surface area contributed by atoms with Crippen LogP contribution in [-0.2, 0) is 27.3 Å². The lowest BCUT2D eigenvalue weighted by atomic mass is 9.80. The van der Waals surface area contributed by atoms with E-state index in [1.54, 1.807) is 6.20 Å². The smallest absolute Gasteiger partial charge is 0.298 e. The van der Waals surface area contributed by atoms with Gasteiger partial charge in [0.2, 0.25) is 0 Å². The van der Waals surface area contributed by atoms with Crippen molar-refractivity contribution >= 4 is 25.8 Å². The van der Waals surface area contributed by atoms with E-state index in [1.165, 1.54) is 5.56 Å². The molecule has 1 aliphatic carbocycles. The third-order valence-electron chi connectivity index (χ3n) is 8.19. The molecule has 1 saturated carbocycles. The van der Waals surface area contributed by atoms with Crippen LogP contribution in [0.25, 0.3) is 0 Å². The number of hydrogen-bond acceptors (Lipinski definition) is 5. The maximum absolute atomic E-state index is 14.1. The van der Waals surface area contributed by atoms with Crippen LogP contribution in [0.2, 0.25) is 0 Å². The fraction of sp³-hybridized carbons (Fsp3) is 0.414. The summed E-state index contributed by atoms with van der Waals surface area (Å²) in [6, 6.07) is 15.5. The molecule has 0 amide bonds. The molecule has 2 fully saturated rings. The van der Waals surface area contributed by atoms with E-state index in [-0.39, 0.29) is 10.9 Å². The van der Waals surface area contributed by atoms with E-state index >= 15 is 0 Å². The number of benzene rings is 2. The van der Waals surface area contributed by atoms with E-state index in [2.05, 4.69) is 36.8 Å². The molecule has 5 nitrogen and oxygen atoms in total. The van der Waals surface area contributed by atoms with Gasteiger partial charge in [0.05, 0.1) is 10.5 Å². The van der Waals surface area contributed by atoms with Crippen LogP contribution >= 0.6 is 15.9 Å². The van der Waals surface area contributed by atoms with Gasteiger partial charge in [0.15, 0.2) is 9.84 Å². The number of alkyl halides is 3. The summed E-state index contributed by atoms with van der Waals surface area (Å²) in [5.74, 6) is 0. The molecule has 0 bridgehead atoms. The summed E-state index contributed by atoms with van der Waals surface area (Å²) in [6.07, 6.45) is 1.39. The zero-order chi connectivity index (χ0) is 27.7. The predicted octanol–water partition coefficient (Wildman–Crippen LogP) is 6.29. The second kappa shape index (κ2) is 11.3. The molecule has 0 atom stereocenters. The van der Waals surface area contributed by atoms with Crippen molar-refractivity contribution in [1.29, 1.82) is 0 Å². The van der Waals surface area contributed by atoms with E-state index in [9.17, 15) is 21.6 Å². The van der Waals surface area contributed by atoms with Crippen LogP contribution in [0.1, 0.15) is 42.4 Å². The molecule has 1 saturated heterocycles. The third kappa shape index (κ3) is 5.94. The molecule has 0 radical (unpaired) electrons. The van der Waals surface area contributed by atoms with Gasteiger partial charge in [-0.25, -0.2) is 8.42 Å². The van der Waals surface area contributed by atoms with Crippen molar-refractivity contribution in [2.24, 2.45) is 0 Å². The van der Waals surface area contributed by atoms with Gasteiger partial charge in [-0.05, 0) is 79.3 Å². The fourth-order valence-electron chi connectivity index (χ4n) is 5.99. The summed E-state index contributed by atoms with van der Waals surface area (Å²) in [5.41, 5.74) is 1.02. The van der Waals surface area contributed by atoms with Crippen molar-refractivity contribution in [2.45, 2.75) is 54.1 Å². The zero-order valence-electron chi connectivity index (χ0n) is 21.4. The normalized spacial score (nSPS) is 23.5. The molecule has 0 N–H and O–H groups in total. The molecule has 1 aromatic heterocycles. The lowest BCUT2D eigenvalue weighted by Gasteiger charge is -2.45. The number of rotatable bonds is 6. The Morgan fingerprint density at radius 1 is 0.923 bits per heavy atom. The van der Waals surface area contributed by atoms with E-state index in [1.807, 2.05) is 36.5 Å². The standard InChI is InChI=1S/C29H31BrF3N3O2S/c30-25-7-3-23(4-8-25)28(39(37,38)27-9-5-24(6-10-27)29(31,32)33)13-11-26(12-14-28)36-18-16-35(17-19-36)21-22-2-1-15-34-20-22/h1-10,15,20,26H,11-14,16-19,21H2. The highest BCUT2D eigenvalue weighted by atomic mass is 79.9. The van der Waals surface area contributed by atoms with E-state index in [0.717, 1.165) is 61.5 Å². The minimum atomic E-state index is -4.52. The first-order valence-corrected chi connectivity index (χ1v) is 15.4. The molecule has 2 aromatic carbocycles. The second-order valence-corrected chi connectivity index (χ2v) is 13.6. The Balaban J connectivity index is 1.33. The highest BCUT2D eigenvalue weighted by Gasteiger charge is 2.49. The maximum atomic E-state index is 14.1. The molecule has 208 valence electrons. The van der Waals surface area contributed by atoms with Crippen molar-refractivity contribution in [3.8, 4) is 0 Å². The van der Waals surface area contributed by atoms with Crippen LogP contribution in [0, 0.1) is 0 Å². The summed E-state index contributed by atoms with van der Waals surface area (Å²) in [6.45, 7) is 4.58. The van der Waals surface area contributed by atoms with Crippen LogP contribution in [0.15, 0.2) is 82.4 Å². The number of hydrogen-bond donors (Lipinski definition) is 0. The van der Waals surface area contributed by atoms with Gasteiger partial charge in [-0.1, -0.05) is 34.1 Å². The highest BCUT2D eigenvalue weighted by molar-refractivity contribution is 9.10. The molecule has 0 spiro atoms. The van der Waals surface area contributed by atoms with Crippen molar-refractivity contribution in [2.75, 3.05) is 26.2 Å². The van der Waals surface area contributed by atoms with E-state index in [4.69, 9.17) is 0 Å². The summed E-state index contributed by atoms with van der Waals surface area (Å²) in [4.78, 5) is 9.01. The van der Waals surface area contributed by atoms with E-state index < -0.39 is 26.3 Å². The van der Waals surface area contributed by atoms with Crippen LogP contribution in [-0.4, -0.2) is 55.4 Å². The van der Waals surface area contributed by atoms with Gasteiger partial charge in [-0.3, -0.25) is 14.8 Å². The minimum absolute atomic E-state index is 0.0686. The van der Waals surface area contributed by atoms with Crippen molar-refractivity contribution in [1.82, 2.24) is 14.8 Å². The Kier molecular flexibility index (Phi) is 8.20. The Labute approximate surface area is 236 Å². The predicted molar refractivity (Wildman–Crippen MR) is 148 cm³/mol. The number of aromatic nitrogens is 1. The zero-order valence-corrected chi connectivity index (χ0v) is 23.9. The SMILES string of the molecule is O=S(=O)(c1ccc(C(F)(F)F)cc1)C1(c2ccc(Br)cc2)CCC(N2CCN(Cc3cccnc3)CC2)CC1. The summed E-state index contributed by atoms with van der Waals surface area (Å²) in [7, 11) is -3.96. The van der Waals surface area contributed by atoms with Crippen LogP contribution in [0.4, 0.5) is 13.2 Å². The van der Waals surface area contributed by atoms with Gasteiger partial charge in [-0.2, -0.15) is 13.2 Å². The van der Waals surface area contributed by atoms with Crippen molar-refractivity contribution in [3.05, 3.63) is 94.2 Å². The Morgan fingerprint density at radius 2 is 1.56 bits per heavy atom. The summed E-state index contributed by atoms with van der Waals surface area (Å²) >= 11 is 3.43. The van der Waals surface area contributed by atoms with Crippen LogP contribution in [0.5, 0.6) is 0 Å². The second-order valence-electron chi connectivity index (χ2n) is 10.4. The molecular formula is C29H31BrF3N3O2S. The topological polar surface area (TPSA) is 53.5 Å². The Morgan fingerprint density at radius 3 is 2.13 bits per heavy atom. The lowest BCUT2D eigenvalue weighted by molar-refractivity contribution is -0.137. The number of nitrogens with zero attached hydrogens (tertiary/aromatic N) is 3. The van der Waals surface area contributed by atoms with E-state index in [0.29, 0.717) is 31.2 Å².